The summed E-state index contributed by atoms with van der Waals surface area (Å²) in [5, 5.41) is 0.546. The second-order valence-electron chi connectivity index (χ2n) is 3.90. The normalized spacial score (nSPS) is 10.3. The van der Waals surface area contributed by atoms with Gasteiger partial charge in [-0.15, -0.1) is 0 Å². The first-order valence-corrected chi connectivity index (χ1v) is 6.14. The third-order valence-electron chi connectivity index (χ3n) is 2.62. The average molecular weight is 263 g/mol. The van der Waals surface area contributed by atoms with Gasteiger partial charge < -0.3 is 10.6 Å². The van der Waals surface area contributed by atoms with Crippen LogP contribution in [0.25, 0.3) is 0 Å². The van der Waals surface area contributed by atoms with E-state index < -0.39 is 0 Å². The van der Waals surface area contributed by atoms with E-state index in [0.717, 1.165) is 18.1 Å². The lowest BCUT2D eigenvalue weighted by Crippen LogP contribution is -2.24. The van der Waals surface area contributed by atoms with Crippen molar-refractivity contribution in [3.63, 3.8) is 0 Å². The Hall–Kier alpha value is -1.81. The van der Waals surface area contributed by atoms with Gasteiger partial charge in [-0.2, -0.15) is 0 Å². The molecule has 0 bridgehead atoms. The molecule has 2 N–H and O–H groups in total. The number of rotatable bonds is 4. The number of nitrogens with two attached hydrogens (primary N) is 1. The Morgan fingerprint density at radius 2 is 2.17 bits per heavy atom. The average Bonchev–Trinajstić information content (AvgIpc) is 2.38. The number of anilines is 2. The highest BCUT2D eigenvalue weighted by molar-refractivity contribution is 6.30. The smallest absolute Gasteiger partial charge is 0.152 e. The highest BCUT2D eigenvalue weighted by Gasteiger charge is 2.11. The van der Waals surface area contributed by atoms with Crippen molar-refractivity contribution in [1.29, 1.82) is 0 Å². The highest BCUT2D eigenvalue weighted by atomic mass is 35.5. The molecule has 2 rings (SSSR count). The van der Waals surface area contributed by atoms with E-state index in [0.29, 0.717) is 17.3 Å². The summed E-state index contributed by atoms with van der Waals surface area (Å²) in [6.07, 6.45) is 3.39. The van der Waals surface area contributed by atoms with Crippen molar-refractivity contribution in [1.82, 2.24) is 9.97 Å². The van der Waals surface area contributed by atoms with E-state index in [2.05, 4.69) is 21.8 Å². The van der Waals surface area contributed by atoms with Gasteiger partial charge in [-0.05, 0) is 25.1 Å². The molecule has 0 aromatic carbocycles. The molecule has 2 aromatic rings. The van der Waals surface area contributed by atoms with Crippen molar-refractivity contribution in [2.45, 2.75) is 13.5 Å². The van der Waals surface area contributed by atoms with Gasteiger partial charge in [0, 0.05) is 18.9 Å². The van der Waals surface area contributed by atoms with Crippen LogP contribution >= 0.6 is 11.6 Å². The minimum atomic E-state index is 0.546. The summed E-state index contributed by atoms with van der Waals surface area (Å²) in [6.45, 7) is 3.53. The maximum Gasteiger partial charge on any atom is 0.152 e. The Labute approximate surface area is 111 Å². The molecular weight excluding hydrogens is 248 g/mol. The van der Waals surface area contributed by atoms with Crippen LogP contribution in [-0.4, -0.2) is 16.5 Å². The van der Waals surface area contributed by atoms with Crippen molar-refractivity contribution in [2.75, 3.05) is 17.2 Å². The standard InChI is InChI=1S/C13H15ClN4/c1-2-18(9-11-5-3-4-6-16-11)13-12(15)7-10(14)8-17-13/h3-8H,2,9,15H2,1H3. The van der Waals surface area contributed by atoms with Crippen LogP contribution < -0.4 is 10.6 Å². The summed E-state index contributed by atoms with van der Waals surface area (Å²) in [7, 11) is 0. The monoisotopic (exact) mass is 262 g/mol. The molecule has 0 aliphatic rings. The summed E-state index contributed by atoms with van der Waals surface area (Å²) in [4.78, 5) is 10.7. The lowest BCUT2D eigenvalue weighted by molar-refractivity contribution is 0.795. The van der Waals surface area contributed by atoms with Crippen molar-refractivity contribution in [3.05, 3.63) is 47.4 Å². The Balaban J connectivity index is 2.23. The molecule has 0 saturated heterocycles. The maximum atomic E-state index is 5.94. The van der Waals surface area contributed by atoms with E-state index >= 15 is 0 Å². The van der Waals surface area contributed by atoms with E-state index in [1.54, 1.807) is 18.5 Å². The van der Waals surface area contributed by atoms with E-state index in [4.69, 9.17) is 17.3 Å². The number of aromatic nitrogens is 2. The van der Waals surface area contributed by atoms with Crippen LogP contribution in [0.1, 0.15) is 12.6 Å². The van der Waals surface area contributed by atoms with Gasteiger partial charge in [0.15, 0.2) is 5.82 Å². The predicted octanol–water partition coefficient (Wildman–Crippen LogP) is 2.74. The van der Waals surface area contributed by atoms with Crippen LogP contribution in [0.4, 0.5) is 11.5 Å². The van der Waals surface area contributed by atoms with Crippen molar-refractivity contribution < 1.29 is 0 Å². The molecule has 18 heavy (non-hydrogen) atoms. The van der Waals surface area contributed by atoms with Crippen LogP contribution in [0.3, 0.4) is 0 Å². The molecule has 5 heteroatoms. The number of hydrogen-bond donors (Lipinski definition) is 1. The second kappa shape index (κ2) is 5.69. The summed E-state index contributed by atoms with van der Waals surface area (Å²) in [6, 6.07) is 7.56. The van der Waals surface area contributed by atoms with Crippen molar-refractivity contribution in [3.8, 4) is 0 Å². The molecule has 0 aliphatic heterocycles. The SMILES string of the molecule is CCN(Cc1ccccn1)c1ncc(Cl)cc1N. The number of nitrogens with zero attached hydrogens (tertiary/aromatic N) is 3. The molecule has 0 atom stereocenters. The second-order valence-corrected chi connectivity index (χ2v) is 4.34. The fourth-order valence-electron chi connectivity index (χ4n) is 1.74. The van der Waals surface area contributed by atoms with Gasteiger partial charge in [-0.1, -0.05) is 17.7 Å². The van der Waals surface area contributed by atoms with Crippen LogP contribution in [0, 0.1) is 0 Å². The number of nitrogen functional groups attached to an aromatic ring is 1. The van der Waals surface area contributed by atoms with E-state index in [1.807, 2.05) is 18.2 Å². The largest absolute Gasteiger partial charge is 0.396 e. The zero-order valence-electron chi connectivity index (χ0n) is 10.2. The fraction of sp³-hybridized carbons (Fsp3) is 0.231. The Bertz CT molecular complexity index is 516. The summed E-state index contributed by atoms with van der Waals surface area (Å²) in [5.41, 5.74) is 7.51. The Morgan fingerprint density at radius 3 is 2.78 bits per heavy atom. The van der Waals surface area contributed by atoms with Crippen LogP contribution in [-0.2, 0) is 6.54 Å². The first-order valence-electron chi connectivity index (χ1n) is 5.76. The van der Waals surface area contributed by atoms with Gasteiger partial charge in [0.2, 0.25) is 0 Å². The summed E-state index contributed by atoms with van der Waals surface area (Å²) in [5.74, 6) is 0.743. The number of hydrogen-bond acceptors (Lipinski definition) is 4. The van der Waals surface area contributed by atoms with E-state index in [1.165, 1.54) is 0 Å². The molecule has 2 heterocycles. The Kier molecular flexibility index (Phi) is 3.99. The van der Waals surface area contributed by atoms with Gasteiger partial charge in [0.05, 0.1) is 22.9 Å². The third-order valence-corrected chi connectivity index (χ3v) is 2.83. The van der Waals surface area contributed by atoms with Crippen LogP contribution in [0.2, 0.25) is 5.02 Å². The van der Waals surface area contributed by atoms with Crippen LogP contribution in [0.15, 0.2) is 36.7 Å². The minimum absolute atomic E-state index is 0.546. The molecular formula is C13H15ClN4. The quantitative estimate of drug-likeness (QED) is 0.921. The lowest BCUT2D eigenvalue weighted by atomic mass is 10.3. The summed E-state index contributed by atoms with van der Waals surface area (Å²) >= 11 is 5.85. The van der Waals surface area contributed by atoms with Gasteiger partial charge >= 0.3 is 0 Å². The van der Waals surface area contributed by atoms with E-state index in [-0.39, 0.29) is 0 Å². The molecule has 0 saturated carbocycles. The van der Waals surface area contributed by atoms with Gasteiger partial charge in [-0.3, -0.25) is 4.98 Å². The first-order chi connectivity index (χ1) is 8.70. The molecule has 0 fully saturated rings. The Morgan fingerprint density at radius 1 is 1.33 bits per heavy atom. The third kappa shape index (κ3) is 2.90. The number of halogens is 1. The first kappa shape index (κ1) is 12.6. The fourth-order valence-corrected chi connectivity index (χ4v) is 1.90. The zero-order valence-corrected chi connectivity index (χ0v) is 10.9. The van der Waals surface area contributed by atoms with E-state index in [9.17, 15) is 0 Å². The van der Waals surface area contributed by atoms with Gasteiger partial charge in [0.25, 0.3) is 0 Å². The van der Waals surface area contributed by atoms with Crippen molar-refractivity contribution in [2.24, 2.45) is 0 Å². The molecule has 0 unspecified atom stereocenters. The highest BCUT2D eigenvalue weighted by Crippen LogP contribution is 2.24. The maximum absolute atomic E-state index is 5.94. The van der Waals surface area contributed by atoms with Crippen molar-refractivity contribution >= 4 is 23.1 Å². The van der Waals surface area contributed by atoms with Crippen LogP contribution in [0.5, 0.6) is 0 Å². The molecule has 0 spiro atoms. The number of pyridine rings is 2. The van der Waals surface area contributed by atoms with Gasteiger partial charge in [0.1, 0.15) is 0 Å². The minimum Gasteiger partial charge on any atom is -0.396 e. The molecule has 0 radical (unpaired) electrons. The molecule has 4 nitrogen and oxygen atoms in total. The summed E-state index contributed by atoms with van der Waals surface area (Å²) < 4.78 is 0. The molecule has 94 valence electrons. The topological polar surface area (TPSA) is 55.0 Å². The molecule has 2 aromatic heterocycles. The molecule has 0 aliphatic carbocycles. The lowest BCUT2D eigenvalue weighted by Gasteiger charge is -2.22. The zero-order chi connectivity index (χ0) is 13.0. The van der Waals surface area contributed by atoms with Gasteiger partial charge in [-0.25, -0.2) is 4.98 Å². The predicted molar refractivity (Wildman–Crippen MR) is 74.6 cm³/mol. The molecule has 0 amide bonds.